The van der Waals surface area contributed by atoms with Crippen molar-refractivity contribution < 1.29 is 4.42 Å². The monoisotopic (exact) mass is 306 g/mol. The van der Waals surface area contributed by atoms with Crippen LogP contribution in [0.1, 0.15) is 11.8 Å². The topological polar surface area (TPSA) is 38.9 Å². The van der Waals surface area contributed by atoms with Gasteiger partial charge in [0.2, 0.25) is 0 Å². The van der Waals surface area contributed by atoms with Gasteiger partial charge >= 0.3 is 0 Å². The van der Waals surface area contributed by atoms with Gasteiger partial charge in [-0.3, -0.25) is 0 Å². The van der Waals surface area contributed by atoms with Crippen LogP contribution in [0.4, 0.5) is 0 Å². The Hall–Kier alpha value is -2.46. The molecule has 0 fully saturated rings. The third kappa shape index (κ3) is 2.04. The van der Waals surface area contributed by atoms with Crippen molar-refractivity contribution in [3.8, 4) is 22.6 Å². The lowest BCUT2D eigenvalue weighted by molar-refractivity contribution is 0.580. The van der Waals surface area contributed by atoms with Crippen molar-refractivity contribution >= 4 is 21.6 Å². The van der Waals surface area contributed by atoms with Crippen molar-refractivity contribution in [3.05, 3.63) is 59.9 Å². The maximum absolute atomic E-state index is 5.58. The normalized spacial score (nSPS) is 11.1. The van der Waals surface area contributed by atoms with Crippen LogP contribution in [-0.4, -0.2) is 9.97 Å². The van der Waals surface area contributed by atoms with Crippen LogP contribution in [0.3, 0.4) is 0 Å². The van der Waals surface area contributed by atoms with Gasteiger partial charge in [0.25, 0.3) is 0 Å². The molecule has 4 aromatic rings. The van der Waals surface area contributed by atoms with Crippen LogP contribution in [0.2, 0.25) is 0 Å². The Bertz CT molecular complexity index is 911. The van der Waals surface area contributed by atoms with Gasteiger partial charge < -0.3 is 4.42 Å². The molecular weight excluding hydrogens is 292 g/mol. The fourth-order valence-electron chi connectivity index (χ4n) is 2.74. The average molecular weight is 306 g/mol. The molecule has 0 aliphatic heterocycles. The van der Waals surface area contributed by atoms with E-state index in [1.807, 2.05) is 18.2 Å². The summed E-state index contributed by atoms with van der Waals surface area (Å²) < 4.78 is 5.58. The molecule has 1 aromatic carbocycles. The summed E-state index contributed by atoms with van der Waals surface area (Å²) in [4.78, 5) is 11.3. The fraction of sp³-hybridized carbons (Fsp3) is 0.111. The first-order chi connectivity index (χ1) is 10.9. The highest BCUT2D eigenvalue weighted by molar-refractivity contribution is 7.19. The zero-order chi connectivity index (χ0) is 14.9. The van der Waals surface area contributed by atoms with E-state index in [2.05, 4.69) is 41.2 Å². The van der Waals surface area contributed by atoms with E-state index in [0.29, 0.717) is 0 Å². The van der Waals surface area contributed by atoms with Crippen molar-refractivity contribution in [3.63, 3.8) is 0 Å². The molecule has 108 valence electrons. The Morgan fingerprint density at radius 1 is 1.05 bits per heavy atom. The van der Waals surface area contributed by atoms with Crippen LogP contribution in [0.25, 0.3) is 32.8 Å². The molecule has 0 saturated heterocycles. The Kier molecular flexibility index (Phi) is 3.24. The summed E-state index contributed by atoms with van der Waals surface area (Å²) in [7, 11) is 0. The first kappa shape index (κ1) is 13.2. The molecule has 3 aromatic heterocycles. The molecule has 0 unspecified atom stereocenters. The Morgan fingerprint density at radius 2 is 1.91 bits per heavy atom. The fourth-order valence-corrected chi connectivity index (χ4v) is 3.84. The Morgan fingerprint density at radius 3 is 2.64 bits per heavy atom. The minimum absolute atomic E-state index is 0.782. The van der Waals surface area contributed by atoms with Crippen molar-refractivity contribution in [2.45, 2.75) is 13.3 Å². The molecule has 0 saturated carbocycles. The van der Waals surface area contributed by atoms with Crippen molar-refractivity contribution in [1.29, 1.82) is 0 Å². The average Bonchev–Trinajstić information content (AvgIpc) is 3.22. The molecular formula is C18H14N2OS. The van der Waals surface area contributed by atoms with Crippen LogP contribution >= 0.6 is 11.3 Å². The van der Waals surface area contributed by atoms with E-state index in [9.17, 15) is 0 Å². The predicted octanol–water partition coefficient (Wildman–Crippen LogP) is 5.18. The minimum atomic E-state index is 0.782. The molecule has 3 heterocycles. The van der Waals surface area contributed by atoms with Crippen LogP contribution < -0.4 is 0 Å². The SMILES string of the molecule is CCc1sc2ncnc(-c3ccco3)c2c1-c1ccccc1. The second-order valence-electron chi connectivity index (χ2n) is 5.00. The van der Waals surface area contributed by atoms with E-state index >= 15 is 0 Å². The van der Waals surface area contributed by atoms with Gasteiger partial charge in [-0.25, -0.2) is 9.97 Å². The van der Waals surface area contributed by atoms with Gasteiger partial charge in [0.05, 0.1) is 6.26 Å². The molecule has 0 spiro atoms. The summed E-state index contributed by atoms with van der Waals surface area (Å²) in [6.07, 6.45) is 4.27. The van der Waals surface area contributed by atoms with Crippen LogP contribution in [0.5, 0.6) is 0 Å². The largest absolute Gasteiger partial charge is 0.463 e. The van der Waals surface area contributed by atoms with Gasteiger partial charge in [0.15, 0.2) is 5.76 Å². The molecule has 0 bridgehead atoms. The number of aryl methyl sites for hydroxylation is 1. The predicted molar refractivity (Wildman–Crippen MR) is 89.9 cm³/mol. The molecule has 0 aliphatic rings. The van der Waals surface area contributed by atoms with Crippen molar-refractivity contribution in [1.82, 2.24) is 9.97 Å². The maximum Gasteiger partial charge on any atom is 0.153 e. The number of rotatable bonds is 3. The van der Waals surface area contributed by atoms with E-state index in [-0.39, 0.29) is 0 Å². The zero-order valence-corrected chi connectivity index (χ0v) is 12.9. The Labute approximate surface area is 132 Å². The minimum Gasteiger partial charge on any atom is -0.463 e. The number of aromatic nitrogens is 2. The summed E-state index contributed by atoms with van der Waals surface area (Å²) >= 11 is 1.74. The van der Waals surface area contributed by atoms with Gasteiger partial charge in [0, 0.05) is 15.8 Å². The number of thiophene rings is 1. The lowest BCUT2D eigenvalue weighted by Crippen LogP contribution is -1.88. The van der Waals surface area contributed by atoms with Gasteiger partial charge in [-0.2, -0.15) is 0 Å². The molecule has 0 radical (unpaired) electrons. The smallest absolute Gasteiger partial charge is 0.153 e. The zero-order valence-electron chi connectivity index (χ0n) is 12.1. The highest BCUT2D eigenvalue weighted by Gasteiger charge is 2.19. The first-order valence-electron chi connectivity index (χ1n) is 7.24. The standard InChI is InChI=1S/C18H14N2OS/c1-2-14-15(12-7-4-3-5-8-12)16-17(13-9-6-10-21-13)19-11-20-18(16)22-14/h3-11H,2H2,1H3. The second-order valence-corrected chi connectivity index (χ2v) is 6.08. The third-order valence-electron chi connectivity index (χ3n) is 3.70. The Balaban J connectivity index is 2.10. The van der Waals surface area contributed by atoms with Gasteiger partial charge in [-0.15, -0.1) is 11.3 Å². The number of nitrogens with zero attached hydrogens (tertiary/aromatic N) is 2. The van der Waals surface area contributed by atoms with Crippen LogP contribution in [0.15, 0.2) is 59.5 Å². The van der Waals surface area contributed by atoms with E-state index < -0.39 is 0 Å². The second kappa shape index (κ2) is 5.39. The molecule has 22 heavy (non-hydrogen) atoms. The summed E-state index contributed by atoms with van der Waals surface area (Å²) in [5.74, 6) is 0.782. The number of benzene rings is 1. The highest BCUT2D eigenvalue weighted by Crippen LogP contribution is 2.42. The van der Waals surface area contributed by atoms with Crippen LogP contribution in [-0.2, 0) is 6.42 Å². The first-order valence-corrected chi connectivity index (χ1v) is 8.05. The van der Waals surface area contributed by atoms with Gasteiger partial charge in [0.1, 0.15) is 16.9 Å². The highest BCUT2D eigenvalue weighted by atomic mass is 32.1. The van der Waals surface area contributed by atoms with E-state index in [1.54, 1.807) is 23.9 Å². The van der Waals surface area contributed by atoms with E-state index in [0.717, 1.165) is 28.1 Å². The molecule has 0 N–H and O–H groups in total. The lowest BCUT2D eigenvalue weighted by Gasteiger charge is -2.05. The van der Waals surface area contributed by atoms with Crippen LogP contribution in [0, 0.1) is 0 Å². The molecule has 0 aliphatic carbocycles. The summed E-state index contributed by atoms with van der Waals surface area (Å²) in [6.45, 7) is 2.18. The molecule has 0 atom stereocenters. The van der Waals surface area contributed by atoms with E-state index in [4.69, 9.17) is 4.42 Å². The van der Waals surface area contributed by atoms with Gasteiger partial charge in [-0.05, 0) is 24.1 Å². The number of fused-ring (bicyclic) bond motifs is 1. The van der Waals surface area contributed by atoms with Crippen molar-refractivity contribution in [2.75, 3.05) is 0 Å². The number of hydrogen-bond acceptors (Lipinski definition) is 4. The van der Waals surface area contributed by atoms with E-state index in [1.165, 1.54) is 16.0 Å². The number of hydrogen-bond donors (Lipinski definition) is 0. The maximum atomic E-state index is 5.58. The third-order valence-corrected chi connectivity index (χ3v) is 4.94. The summed E-state index contributed by atoms with van der Waals surface area (Å²) in [5.41, 5.74) is 3.30. The quantitative estimate of drug-likeness (QED) is 0.523. The summed E-state index contributed by atoms with van der Waals surface area (Å²) in [6, 6.07) is 14.3. The molecule has 4 rings (SSSR count). The molecule has 4 heteroatoms. The molecule has 0 amide bonds. The van der Waals surface area contributed by atoms with Gasteiger partial charge in [-0.1, -0.05) is 37.3 Å². The summed E-state index contributed by atoms with van der Waals surface area (Å²) in [5, 5.41) is 1.09. The molecule has 3 nitrogen and oxygen atoms in total. The lowest BCUT2D eigenvalue weighted by atomic mass is 10.0. The number of furan rings is 1. The van der Waals surface area contributed by atoms with Crippen molar-refractivity contribution in [2.24, 2.45) is 0 Å².